The number of hydrogen-bond acceptors (Lipinski definition) is 5. The number of carbonyl (C=O) groups is 1. The lowest BCUT2D eigenvalue weighted by Gasteiger charge is -2.28. The number of rotatable bonds is 7. The van der Waals surface area contributed by atoms with Crippen molar-refractivity contribution < 1.29 is 14.3 Å². The summed E-state index contributed by atoms with van der Waals surface area (Å²) in [4.78, 5) is 18.2. The van der Waals surface area contributed by atoms with Crippen LogP contribution in [0.5, 0.6) is 0 Å². The molecule has 0 saturated carbocycles. The molecule has 0 bridgehead atoms. The lowest BCUT2D eigenvalue weighted by molar-refractivity contribution is -0.120. The Hall–Kier alpha value is -2.27. The van der Waals surface area contributed by atoms with Crippen molar-refractivity contribution in [2.45, 2.75) is 26.0 Å². The van der Waals surface area contributed by atoms with Gasteiger partial charge in [0.15, 0.2) is 5.96 Å². The zero-order chi connectivity index (χ0) is 20.7. The van der Waals surface area contributed by atoms with Gasteiger partial charge in [0.2, 0.25) is 5.91 Å². The van der Waals surface area contributed by atoms with E-state index in [1.54, 1.807) is 25.3 Å². The summed E-state index contributed by atoms with van der Waals surface area (Å²) in [5, 5.41) is 19.8. The van der Waals surface area contributed by atoms with E-state index in [4.69, 9.17) is 4.42 Å². The average molecular weight is 527 g/mol. The molecule has 1 fully saturated rings. The van der Waals surface area contributed by atoms with Gasteiger partial charge in [0.25, 0.3) is 0 Å². The maximum absolute atomic E-state index is 11.6. The molecule has 1 aromatic heterocycles. The van der Waals surface area contributed by atoms with E-state index in [0.29, 0.717) is 37.9 Å². The lowest BCUT2D eigenvalue weighted by atomic mass is 10.0. The van der Waals surface area contributed by atoms with Crippen molar-refractivity contribution >= 4 is 41.5 Å². The van der Waals surface area contributed by atoms with Crippen molar-refractivity contribution in [3.05, 3.63) is 54.0 Å². The normalized spacial score (nSPS) is 16.3. The van der Waals surface area contributed by atoms with Crippen LogP contribution < -0.4 is 20.9 Å². The van der Waals surface area contributed by atoms with Crippen molar-refractivity contribution in [1.82, 2.24) is 16.0 Å². The number of amides is 1. The molecular weight excluding hydrogens is 497 g/mol. The molecule has 2 heterocycles. The number of carbonyl (C=O) groups excluding carboxylic acids is 1. The minimum absolute atomic E-state index is 0. The van der Waals surface area contributed by atoms with E-state index in [1.807, 2.05) is 31.2 Å². The minimum atomic E-state index is -1.14. The number of aliphatic hydroxyl groups is 1. The summed E-state index contributed by atoms with van der Waals surface area (Å²) in [5.41, 5.74) is 0.958. The third-order valence-corrected chi connectivity index (χ3v) is 4.76. The molecule has 4 N–H and O–H groups in total. The average Bonchev–Trinajstić information content (AvgIpc) is 3.26. The molecule has 3 rings (SSSR count). The molecule has 30 heavy (non-hydrogen) atoms. The van der Waals surface area contributed by atoms with Crippen LogP contribution in [0.3, 0.4) is 0 Å². The van der Waals surface area contributed by atoms with E-state index in [9.17, 15) is 9.90 Å². The number of anilines is 1. The SMILES string of the molecule is CCNC(=NCc1ccc(N2CCNC(=O)C2)cc1)NCC(C)(O)c1ccco1.I. The van der Waals surface area contributed by atoms with Crippen molar-refractivity contribution in [2.75, 3.05) is 37.6 Å². The smallest absolute Gasteiger partial charge is 0.239 e. The Bertz CT molecular complexity index is 822. The van der Waals surface area contributed by atoms with Gasteiger partial charge in [-0.3, -0.25) is 4.79 Å². The Morgan fingerprint density at radius 1 is 1.30 bits per heavy atom. The van der Waals surface area contributed by atoms with E-state index < -0.39 is 5.60 Å². The molecule has 9 heteroatoms. The monoisotopic (exact) mass is 527 g/mol. The van der Waals surface area contributed by atoms with Crippen LogP contribution in [0.25, 0.3) is 0 Å². The van der Waals surface area contributed by atoms with Gasteiger partial charge in [0.05, 0.1) is 25.9 Å². The minimum Gasteiger partial charge on any atom is -0.466 e. The second-order valence-corrected chi connectivity index (χ2v) is 7.24. The van der Waals surface area contributed by atoms with E-state index >= 15 is 0 Å². The number of piperazine rings is 1. The Labute approximate surface area is 194 Å². The highest BCUT2D eigenvalue weighted by molar-refractivity contribution is 14.0. The van der Waals surface area contributed by atoms with E-state index in [2.05, 4.69) is 25.8 Å². The van der Waals surface area contributed by atoms with Crippen molar-refractivity contribution in [1.29, 1.82) is 0 Å². The van der Waals surface area contributed by atoms with Gasteiger partial charge in [0.1, 0.15) is 11.4 Å². The van der Waals surface area contributed by atoms with Gasteiger partial charge in [-0.25, -0.2) is 4.99 Å². The predicted octanol–water partition coefficient (Wildman–Crippen LogP) is 1.80. The molecule has 1 saturated heterocycles. The van der Waals surface area contributed by atoms with Gasteiger partial charge in [-0.1, -0.05) is 12.1 Å². The zero-order valence-corrected chi connectivity index (χ0v) is 19.7. The summed E-state index contributed by atoms with van der Waals surface area (Å²) < 4.78 is 5.31. The number of halogens is 1. The van der Waals surface area contributed by atoms with E-state index in [0.717, 1.165) is 17.8 Å². The van der Waals surface area contributed by atoms with Crippen molar-refractivity contribution in [3.63, 3.8) is 0 Å². The Morgan fingerprint density at radius 2 is 2.07 bits per heavy atom. The molecule has 1 aromatic carbocycles. The van der Waals surface area contributed by atoms with Crippen molar-refractivity contribution in [3.8, 4) is 0 Å². The molecular formula is C21H30IN5O3. The third-order valence-electron chi connectivity index (χ3n) is 4.76. The first-order valence-electron chi connectivity index (χ1n) is 9.87. The summed E-state index contributed by atoms with van der Waals surface area (Å²) in [6.07, 6.45) is 1.54. The van der Waals surface area contributed by atoms with Gasteiger partial charge in [0, 0.05) is 25.3 Å². The van der Waals surface area contributed by atoms with Gasteiger partial charge in [-0.05, 0) is 43.7 Å². The first-order valence-corrected chi connectivity index (χ1v) is 9.87. The van der Waals surface area contributed by atoms with Crippen LogP contribution in [0, 0.1) is 0 Å². The molecule has 0 spiro atoms. The molecule has 8 nitrogen and oxygen atoms in total. The molecule has 1 aliphatic heterocycles. The number of aliphatic imine (C=N–C) groups is 1. The molecule has 164 valence electrons. The largest absolute Gasteiger partial charge is 0.466 e. The topological polar surface area (TPSA) is 102 Å². The number of nitrogens with one attached hydrogen (secondary N) is 3. The molecule has 1 unspecified atom stereocenters. The highest BCUT2D eigenvalue weighted by Gasteiger charge is 2.26. The molecule has 1 aliphatic rings. The highest BCUT2D eigenvalue weighted by atomic mass is 127. The number of benzene rings is 1. The molecule has 1 atom stereocenters. The molecule has 0 aliphatic carbocycles. The fourth-order valence-electron chi connectivity index (χ4n) is 3.11. The third kappa shape index (κ3) is 6.63. The Morgan fingerprint density at radius 3 is 2.70 bits per heavy atom. The predicted molar refractivity (Wildman–Crippen MR) is 128 cm³/mol. The quantitative estimate of drug-likeness (QED) is 0.249. The first-order chi connectivity index (χ1) is 14.0. The fourth-order valence-corrected chi connectivity index (χ4v) is 3.11. The van der Waals surface area contributed by atoms with Crippen LogP contribution in [0.15, 0.2) is 52.1 Å². The highest BCUT2D eigenvalue weighted by Crippen LogP contribution is 2.20. The van der Waals surface area contributed by atoms with Gasteiger partial charge >= 0.3 is 0 Å². The van der Waals surface area contributed by atoms with Crippen LogP contribution in [-0.4, -0.2) is 49.7 Å². The van der Waals surface area contributed by atoms with Crippen LogP contribution in [-0.2, 0) is 16.9 Å². The van der Waals surface area contributed by atoms with Crippen molar-refractivity contribution in [2.24, 2.45) is 4.99 Å². The lowest BCUT2D eigenvalue weighted by Crippen LogP contribution is -2.47. The zero-order valence-electron chi connectivity index (χ0n) is 17.4. The van der Waals surface area contributed by atoms with Crippen LogP contribution in [0.1, 0.15) is 25.2 Å². The summed E-state index contributed by atoms with van der Waals surface area (Å²) in [5.74, 6) is 1.18. The second kappa shape index (κ2) is 11.2. The Kier molecular flexibility index (Phi) is 8.97. The number of furan rings is 1. The second-order valence-electron chi connectivity index (χ2n) is 7.24. The van der Waals surface area contributed by atoms with E-state index in [1.165, 1.54) is 0 Å². The number of hydrogen-bond donors (Lipinski definition) is 4. The summed E-state index contributed by atoms with van der Waals surface area (Å²) in [6.45, 7) is 7.04. The van der Waals surface area contributed by atoms with E-state index in [-0.39, 0.29) is 36.4 Å². The van der Waals surface area contributed by atoms with Crippen LogP contribution in [0.4, 0.5) is 5.69 Å². The molecule has 0 radical (unpaired) electrons. The van der Waals surface area contributed by atoms with Crippen LogP contribution in [0.2, 0.25) is 0 Å². The Balaban J connectivity index is 0.00000320. The number of nitrogens with zero attached hydrogens (tertiary/aromatic N) is 2. The maximum Gasteiger partial charge on any atom is 0.239 e. The number of guanidine groups is 1. The van der Waals surface area contributed by atoms with Crippen LogP contribution >= 0.6 is 24.0 Å². The van der Waals surface area contributed by atoms with Gasteiger partial charge in [-0.15, -0.1) is 24.0 Å². The fraction of sp³-hybridized carbons (Fsp3) is 0.429. The maximum atomic E-state index is 11.6. The summed E-state index contributed by atoms with van der Waals surface area (Å²) in [7, 11) is 0. The molecule has 1 amide bonds. The summed E-state index contributed by atoms with van der Waals surface area (Å²) in [6, 6.07) is 11.6. The first kappa shape index (κ1) is 24.0. The standard InChI is InChI=1S/C21H29N5O3.HI/c1-3-22-20(25-15-21(2,28)18-5-4-12-29-18)24-13-16-6-8-17(9-7-16)26-11-10-23-19(27)14-26;/h4-9,12,28H,3,10-11,13-15H2,1-2H3,(H,23,27)(H2,22,24,25);1H. The van der Waals surface area contributed by atoms with Gasteiger partial charge < -0.3 is 30.4 Å². The molecule has 2 aromatic rings. The van der Waals surface area contributed by atoms with Gasteiger partial charge in [-0.2, -0.15) is 0 Å². The summed E-state index contributed by atoms with van der Waals surface area (Å²) >= 11 is 0.